The van der Waals surface area contributed by atoms with Gasteiger partial charge in [0.25, 0.3) is 0 Å². The Morgan fingerprint density at radius 2 is 2.00 bits per heavy atom. The highest BCUT2D eigenvalue weighted by atomic mass is 35.5. The molecule has 0 saturated carbocycles. The summed E-state index contributed by atoms with van der Waals surface area (Å²) in [6.45, 7) is 7.21. The summed E-state index contributed by atoms with van der Waals surface area (Å²) in [5.41, 5.74) is 0. The molecule has 2 nitrogen and oxygen atoms in total. The fourth-order valence-corrected chi connectivity index (χ4v) is 1.49. The Kier molecular flexibility index (Phi) is 5.64. The van der Waals surface area contributed by atoms with E-state index in [4.69, 9.17) is 16.3 Å². The molecule has 1 aromatic carbocycles. The number of nitrogens with one attached hydrogen (secondary N) is 1. The Bertz CT molecular complexity index is 317. The van der Waals surface area contributed by atoms with Gasteiger partial charge >= 0.3 is 0 Å². The van der Waals surface area contributed by atoms with E-state index in [1.807, 2.05) is 31.2 Å². The molecule has 0 aliphatic carbocycles. The average Bonchev–Trinajstić information content (AvgIpc) is 2.29. The monoisotopic (exact) mass is 241 g/mol. The second-order valence-corrected chi connectivity index (χ2v) is 4.48. The Morgan fingerprint density at radius 3 is 2.62 bits per heavy atom. The molecule has 0 aliphatic heterocycles. The van der Waals surface area contributed by atoms with Gasteiger partial charge in [0.15, 0.2) is 0 Å². The molecule has 1 N–H and O–H groups in total. The van der Waals surface area contributed by atoms with Crippen LogP contribution in [-0.2, 0) is 0 Å². The minimum absolute atomic E-state index is 0.119. The predicted octanol–water partition coefficient (Wildman–Crippen LogP) is 3.50. The van der Waals surface area contributed by atoms with Crippen LogP contribution in [0.1, 0.15) is 27.2 Å². The van der Waals surface area contributed by atoms with Crippen molar-refractivity contribution in [3.8, 4) is 5.75 Å². The van der Waals surface area contributed by atoms with Crippen LogP contribution in [0.3, 0.4) is 0 Å². The molecule has 2 unspecified atom stereocenters. The van der Waals surface area contributed by atoms with Crippen molar-refractivity contribution < 1.29 is 4.74 Å². The lowest BCUT2D eigenvalue weighted by Crippen LogP contribution is -2.34. The fraction of sp³-hybridized carbons (Fsp3) is 0.538. The molecule has 0 radical (unpaired) electrons. The number of hydrogen-bond acceptors (Lipinski definition) is 2. The van der Waals surface area contributed by atoms with Gasteiger partial charge in [-0.2, -0.15) is 0 Å². The van der Waals surface area contributed by atoms with E-state index in [-0.39, 0.29) is 6.10 Å². The van der Waals surface area contributed by atoms with E-state index in [1.165, 1.54) is 0 Å². The van der Waals surface area contributed by atoms with Crippen molar-refractivity contribution >= 4 is 11.6 Å². The van der Waals surface area contributed by atoms with Crippen LogP contribution in [0.2, 0.25) is 5.02 Å². The third kappa shape index (κ3) is 4.42. The highest BCUT2D eigenvalue weighted by molar-refractivity contribution is 6.32. The maximum absolute atomic E-state index is 6.01. The van der Waals surface area contributed by atoms with Crippen LogP contribution in [0.25, 0.3) is 0 Å². The second kappa shape index (κ2) is 6.77. The molecule has 0 bridgehead atoms. The Hall–Kier alpha value is -0.730. The van der Waals surface area contributed by atoms with Crippen LogP contribution in [0, 0.1) is 0 Å². The number of hydrogen-bond donors (Lipinski definition) is 1. The number of rotatable bonds is 6. The highest BCUT2D eigenvalue weighted by Crippen LogP contribution is 2.23. The number of halogens is 1. The molecule has 0 spiro atoms. The van der Waals surface area contributed by atoms with E-state index in [0.29, 0.717) is 11.1 Å². The van der Waals surface area contributed by atoms with E-state index >= 15 is 0 Å². The topological polar surface area (TPSA) is 21.3 Å². The first-order valence-corrected chi connectivity index (χ1v) is 6.15. The van der Waals surface area contributed by atoms with Gasteiger partial charge in [0.05, 0.1) is 5.02 Å². The SMILES string of the molecule is CCC(C)NCC(C)Oc1ccccc1Cl. The Morgan fingerprint density at radius 1 is 1.31 bits per heavy atom. The van der Waals surface area contributed by atoms with Gasteiger partial charge in [0.1, 0.15) is 11.9 Å². The van der Waals surface area contributed by atoms with E-state index < -0.39 is 0 Å². The minimum Gasteiger partial charge on any atom is -0.488 e. The third-order valence-electron chi connectivity index (χ3n) is 2.53. The lowest BCUT2D eigenvalue weighted by Gasteiger charge is -2.18. The zero-order chi connectivity index (χ0) is 12.0. The molecule has 0 aliphatic rings. The number of ether oxygens (including phenoxy) is 1. The average molecular weight is 242 g/mol. The summed E-state index contributed by atoms with van der Waals surface area (Å²) in [6.07, 6.45) is 1.24. The molecule has 16 heavy (non-hydrogen) atoms. The first-order chi connectivity index (χ1) is 7.63. The molecule has 0 aromatic heterocycles. The summed E-state index contributed by atoms with van der Waals surface area (Å²) in [5.74, 6) is 0.752. The van der Waals surface area contributed by atoms with Gasteiger partial charge in [-0.1, -0.05) is 30.7 Å². The van der Waals surface area contributed by atoms with E-state index in [0.717, 1.165) is 18.7 Å². The summed E-state index contributed by atoms with van der Waals surface area (Å²) in [4.78, 5) is 0. The first-order valence-electron chi connectivity index (χ1n) is 5.78. The lowest BCUT2D eigenvalue weighted by molar-refractivity contribution is 0.212. The first kappa shape index (κ1) is 13.3. The van der Waals surface area contributed by atoms with E-state index in [1.54, 1.807) is 0 Å². The largest absolute Gasteiger partial charge is 0.488 e. The van der Waals surface area contributed by atoms with Crippen molar-refractivity contribution in [2.45, 2.75) is 39.3 Å². The van der Waals surface area contributed by atoms with Crippen LogP contribution in [0.4, 0.5) is 0 Å². The van der Waals surface area contributed by atoms with Gasteiger partial charge in [-0.3, -0.25) is 0 Å². The van der Waals surface area contributed by atoms with Crippen LogP contribution in [0.5, 0.6) is 5.75 Å². The van der Waals surface area contributed by atoms with Gasteiger partial charge in [-0.25, -0.2) is 0 Å². The Balaban J connectivity index is 2.40. The summed E-state index contributed by atoms with van der Waals surface area (Å²) in [7, 11) is 0. The van der Waals surface area contributed by atoms with Crippen LogP contribution < -0.4 is 10.1 Å². The maximum atomic E-state index is 6.01. The molecule has 0 fully saturated rings. The molecule has 90 valence electrons. The molecule has 3 heteroatoms. The smallest absolute Gasteiger partial charge is 0.138 e. The van der Waals surface area contributed by atoms with Crippen molar-refractivity contribution in [2.75, 3.05) is 6.54 Å². The number of para-hydroxylation sites is 1. The maximum Gasteiger partial charge on any atom is 0.138 e. The molecule has 2 atom stereocenters. The lowest BCUT2D eigenvalue weighted by atomic mass is 10.2. The quantitative estimate of drug-likeness (QED) is 0.823. The van der Waals surface area contributed by atoms with Crippen molar-refractivity contribution in [1.82, 2.24) is 5.32 Å². The highest BCUT2D eigenvalue weighted by Gasteiger charge is 2.07. The van der Waals surface area contributed by atoms with Crippen molar-refractivity contribution in [3.05, 3.63) is 29.3 Å². The molecular formula is C13H20ClNO. The molecular weight excluding hydrogens is 222 g/mol. The van der Waals surface area contributed by atoms with Gasteiger partial charge < -0.3 is 10.1 Å². The summed E-state index contributed by atoms with van der Waals surface area (Å²) in [6, 6.07) is 8.08. The second-order valence-electron chi connectivity index (χ2n) is 4.08. The van der Waals surface area contributed by atoms with Crippen molar-refractivity contribution in [1.29, 1.82) is 0 Å². The van der Waals surface area contributed by atoms with E-state index in [2.05, 4.69) is 19.2 Å². The van der Waals surface area contributed by atoms with Crippen LogP contribution in [0.15, 0.2) is 24.3 Å². The molecule has 0 amide bonds. The Labute approximate surface area is 103 Å². The molecule has 1 rings (SSSR count). The minimum atomic E-state index is 0.119. The van der Waals surface area contributed by atoms with E-state index in [9.17, 15) is 0 Å². The number of benzene rings is 1. The van der Waals surface area contributed by atoms with Gasteiger partial charge in [0, 0.05) is 12.6 Å². The summed E-state index contributed by atoms with van der Waals surface area (Å²) >= 11 is 6.01. The summed E-state index contributed by atoms with van der Waals surface area (Å²) < 4.78 is 5.75. The van der Waals surface area contributed by atoms with Crippen LogP contribution >= 0.6 is 11.6 Å². The molecule has 1 aromatic rings. The van der Waals surface area contributed by atoms with Crippen molar-refractivity contribution in [3.63, 3.8) is 0 Å². The fourth-order valence-electron chi connectivity index (χ4n) is 1.31. The standard InChI is InChI=1S/C13H20ClNO/c1-4-10(2)15-9-11(3)16-13-8-6-5-7-12(13)14/h5-8,10-11,15H,4,9H2,1-3H3. The molecule has 0 saturated heterocycles. The molecule has 0 heterocycles. The van der Waals surface area contributed by atoms with Gasteiger partial charge in [-0.15, -0.1) is 0 Å². The van der Waals surface area contributed by atoms with Crippen LogP contribution in [-0.4, -0.2) is 18.7 Å². The van der Waals surface area contributed by atoms with Gasteiger partial charge in [0.2, 0.25) is 0 Å². The van der Waals surface area contributed by atoms with Crippen molar-refractivity contribution in [2.24, 2.45) is 0 Å². The summed E-state index contributed by atoms with van der Waals surface area (Å²) in [5, 5.41) is 4.07. The van der Waals surface area contributed by atoms with Gasteiger partial charge in [-0.05, 0) is 32.4 Å². The zero-order valence-corrected chi connectivity index (χ0v) is 10.9. The zero-order valence-electron chi connectivity index (χ0n) is 10.2. The normalized spacial score (nSPS) is 14.5. The predicted molar refractivity (Wildman–Crippen MR) is 69.3 cm³/mol. The third-order valence-corrected chi connectivity index (χ3v) is 2.84.